The molecule has 160 valence electrons. The van der Waals surface area contributed by atoms with E-state index in [1.807, 2.05) is 30.3 Å². The van der Waals surface area contributed by atoms with Crippen molar-refractivity contribution in [3.63, 3.8) is 0 Å². The Hall–Kier alpha value is -3.23. The van der Waals surface area contributed by atoms with E-state index in [0.717, 1.165) is 30.0 Å². The maximum absolute atomic E-state index is 11.1. The van der Waals surface area contributed by atoms with Crippen molar-refractivity contribution < 1.29 is 19.1 Å². The third kappa shape index (κ3) is 4.45. The van der Waals surface area contributed by atoms with E-state index in [1.54, 1.807) is 37.6 Å². The Morgan fingerprint density at radius 2 is 2.03 bits per heavy atom. The van der Waals surface area contributed by atoms with Crippen molar-refractivity contribution in [3.8, 4) is 11.3 Å². The average Bonchev–Trinajstić information content (AvgIpc) is 3.39. The molecule has 0 radical (unpaired) electrons. The minimum Gasteiger partial charge on any atom is -0.478 e. The lowest BCUT2D eigenvalue weighted by Gasteiger charge is -2.25. The number of aromatic carboxylic acids is 1. The fraction of sp³-hybridized carbons (Fsp3) is 0.261. The van der Waals surface area contributed by atoms with Crippen molar-refractivity contribution in [2.45, 2.75) is 18.5 Å². The van der Waals surface area contributed by atoms with Crippen molar-refractivity contribution in [1.29, 1.82) is 0 Å². The second-order valence-electron chi connectivity index (χ2n) is 7.25. The molecule has 0 unspecified atom stereocenters. The molecule has 1 aliphatic heterocycles. The molecule has 1 aliphatic rings. The number of carbonyl (C=O) groups is 1. The molecule has 1 aromatic carbocycles. The fourth-order valence-electron chi connectivity index (χ4n) is 3.78. The highest BCUT2D eigenvalue weighted by Crippen LogP contribution is 2.40. The number of hydrogen-bond acceptors (Lipinski definition) is 5. The first-order chi connectivity index (χ1) is 15.1. The highest BCUT2D eigenvalue weighted by atomic mass is 32.1. The van der Waals surface area contributed by atoms with Crippen LogP contribution in [0.3, 0.4) is 0 Å². The number of nitrogens with one attached hydrogen (secondary N) is 1. The van der Waals surface area contributed by atoms with E-state index < -0.39 is 5.97 Å². The smallest absolute Gasteiger partial charge is 0.335 e. The Kier molecular flexibility index (Phi) is 6.29. The number of carboxylic acids is 1. The number of methoxy groups -OCH3 is 1. The summed E-state index contributed by atoms with van der Waals surface area (Å²) in [7, 11) is 1.68. The maximum Gasteiger partial charge on any atom is 0.335 e. The summed E-state index contributed by atoms with van der Waals surface area (Å²) in [6.07, 6.45) is 2.59. The molecule has 3 heterocycles. The largest absolute Gasteiger partial charge is 0.478 e. The first-order valence-electron chi connectivity index (χ1n) is 9.99. The van der Waals surface area contributed by atoms with E-state index in [0.29, 0.717) is 17.5 Å². The van der Waals surface area contributed by atoms with Crippen LogP contribution in [0.15, 0.2) is 65.2 Å². The normalized spacial score (nSPS) is 18.2. The number of hydrogen-bond donors (Lipinski definition) is 2. The molecule has 3 aromatic rings. The Morgan fingerprint density at radius 3 is 2.71 bits per heavy atom. The summed E-state index contributed by atoms with van der Waals surface area (Å²) in [5.41, 5.74) is 1.93. The molecule has 8 heteroatoms. The number of thiocarbonyl (C=S) groups is 1. The quantitative estimate of drug-likeness (QED) is 0.403. The number of carboxylic acid groups (broad SMARTS) is 1. The van der Waals surface area contributed by atoms with Gasteiger partial charge in [-0.1, -0.05) is 18.2 Å². The molecule has 7 nitrogen and oxygen atoms in total. The summed E-state index contributed by atoms with van der Waals surface area (Å²) >= 11 is 5.63. The van der Waals surface area contributed by atoms with Gasteiger partial charge in [0.15, 0.2) is 5.11 Å². The SMILES string of the molecule is COCCCN1C(=S)N[C@H](c2ccccn2)[C@@H]1c1ccc(-c2ccc(C(=O)O)cc2)o1. The van der Waals surface area contributed by atoms with Gasteiger partial charge >= 0.3 is 5.97 Å². The zero-order valence-corrected chi connectivity index (χ0v) is 17.8. The van der Waals surface area contributed by atoms with Crippen LogP contribution in [0.1, 0.15) is 40.3 Å². The van der Waals surface area contributed by atoms with Crippen LogP contribution in [0.2, 0.25) is 0 Å². The number of furan rings is 1. The monoisotopic (exact) mass is 437 g/mol. The lowest BCUT2D eigenvalue weighted by molar-refractivity contribution is 0.0697. The van der Waals surface area contributed by atoms with Crippen LogP contribution in [0, 0.1) is 0 Å². The molecule has 31 heavy (non-hydrogen) atoms. The molecule has 0 aliphatic carbocycles. The molecule has 2 aromatic heterocycles. The van der Waals surface area contributed by atoms with E-state index >= 15 is 0 Å². The molecule has 0 bridgehead atoms. The van der Waals surface area contributed by atoms with Crippen molar-refractivity contribution in [3.05, 3.63) is 77.8 Å². The van der Waals surface area contributed by atoms with Gasteiger partial charge in [-0.25, -0.2) is 4.79 Å². The molecule has 1 saturated heterocycles. The van der Waals surface area contributed by atoms with Gasteiger partial charge in [0.2, 0.25) is 0 Å². The van der Waals surface area contributed by atoms with Crippen LogP contribution in [0.4, 0.5) is 0 Å². The molecule has 1 fully saturated rings. The summed E-state index contributed by atoms with van der Waals surface area (Å²) in [4.78, 5) is 17.7. The Labute approximate surface area is 185 Å². The van der Waals surface area contributed by atoms with Gasteiger partial charge in [0.25, 0.3) is 0 Å². The predicted octanol–water partition coefficient (Wildman–Crippen LogP) is 4.05. The van der Waals surface area contributed by atoms with Crippen LogP contribution in [0.25, 0.3) is 11.3 Å². The van der Waals surface area contributed by atoms with E-state index in [-0.39, 0.29) is 17.6 Å². The summed E-state index contributed by atoms with van der Waals surface area (Å²) in [5.74, 6) is 0.473. The van der Waals surface area contributed by atoms with Gasteiger partial charge < -0.3 is 24.5 Å². The third-order valence-electron chi connectivity index (χ3n) is 5.28. The van der Waals surface area contributed by atoms with Gasteiger partial charge in [-0.15, -0.1) is 0 Å². The van der Waals surface area contributed by atoms with Crippen LogP contribution < -0.4 is 5.32 Å². The molecule has 0 spiro atoms. The zero-order chi connectivity index (χ0) is 21.8. The van der Waals surface area contributed by atoms with E-state index in [4.69, 9.17) is 26.5 Å². The Morgan fingerprint density at radius 1 is 1.23 bits per heavy atom. The lowest BCUT2D eigenvalue weighted by Crippen LogP contribution is -2.31. The van der Waals surface area contributed by atoms with E-state index in [9.17, 15) is 4.79 Å². The summed E-state index contributed by atoms with van der Waals surface area (Å²) in [6.45, 7) is 1.36. The van der Waals surface area contributed by atoms with Crippen molar-refractivity contribution in [2.75, 3.05) is 20.3 Å². The first kappa shape index (κ1) is 21.0. The number of pyridine rings is 1. The lowest BCUT2D eigenvalue weighted by atomic mass is 10.0. The highest BCUT2D eigenvalue weighted by Gasteiger charge is 2.41. The van der Waals surface area contributed by atoms with Crippen LogP contribution >= 0.6 is 12.2 Å². The summed E-state index contributed by atoms with van der Waals surface area (Å²) < 4.78 is 11.5. The molecule has 2 N–H and O–H groups in total. The summed E-state index contributed by atoms with van der Waals surface area (Å²) in [5, 5.41) is 13.2. The molecule has 4 rings (SSSR count). The molecule has 2 atom stereocenters. The second-order valence-corrected chi connectivity index (χ2v) is 7.64. The number of ether oxygens (including phenoxy) is 1. The van der Waals surface area contributed by atoms with E-state index in [1.165, 1.54) is 0 Å². The molecular weight excluding hydrogens is 414 g/mol. The van der Waals surface area contributed by atoms with Crippen molar-refractivity contribution in [1.82, 2.24) is 15.2 Å². The second kappa shape index (κ2) is 9.28. The summed E-state index contributed by atoms with van der Waals surface area (Å²) in [6, 6.07) is 16.0. The van der Waals surface area contributed by atoms with Gasteiger partial charge in [-0.3, -0.25) is 4.98 Å². The minimum atomic E-state index is -0.956. The predicted molar refractivity (Wildman–Crippen MR) is 120 cm³/mol. The fourth-order valence-corrected chi connectivity index (χ4v) is 4.11. The third-order valence-corrected chi connectivity index (χ3v) is 5.63. The number of rotatable bonds is 8. The van der Waals surface area contributed by atoms with Crippen LogP contribution in [0.5, 0.6) is 0 Å². The molecular formula is C23H23N3O4S. The van der Waals surface area contributed by atoms with Gasteiger partial charge in [0.05, 0.1) is 17.3 Å². The minimum absolute atomic E-state index is 0.148. The highest BCUT2D eigenvalue weighted by molar-refractivity contribution is 7.80. The molecule has 0 saturated carbocycles. The van der Waals surface area contributed by atoms with Gasteiger partial charge in [0, 0.05) is 32.0 Å². The maximum atomic E-state index is 11.1. The van der Waals surface area contributed by atoms with Crippen LogP contribution in [-0.2, 0) is 4.74 Å². The van der Waals surface area contributed by atoms with Gasteiger partial charge in [-0.2, -0.15) is 0 Å². The zero-order valence-electron chi connectivity index (χ0n) is 17.0. The standard InChI is InChI=1S/C23H23N3O4S/c1-29-14-4-13-26-21(20(25-23(26)31)17-5-2-3-12-24-17)19-11-10-18(30-19)15-6-8-16(9-7-15)22(27)28/h2-3,5-12,20-21H,4,13-14H2,1H3,(H,25,31)(H,27,28)/t20-,21+/m1/s1. The van der Waals surface area contributed by atoms with Crippen LogP contribution in [-0.4, -0.2) is 46.3 Å². The van der Waals surface area contributed by atoms with Gasteiger partial charge in [0.1, 0.15) is 17.6 Å². The number of aromatic nitrogens is 1. The average molecular weight is 438 g/mol. The number of nitrogens with zero attached hydrogens (tertiary/aromatic N) is 2. The Bertz CT molecular complexity index is 1050. The van der Waals surface area contributed by atoms with E-state index in [2.05, 4.69) is 15.2 Å². The van der Waals surface area contributed by atoms with Crippen molar-refractivity contribution >= 4 is 23.3 Å². The Balaban J connectivity index is 1.66. The van der Waals surface area contributed by atoms with Gasteiger partial charge in [-0.05, 0) is 55.0 Å². The molecule has 0 amide bonds. The number of benzene rings is 1. The topological polar surface area (TPSA) is 87.8 Å². The first-order valence-corrected chi connectivity index (χ1v) is 10.4. The van der Waals surface area contributed by atoms with Crippen molar-refractivity contribution in [2.24, 2.45) is 0 Å².